The fraction of sp³-hybridized carbons (Fsp3) is 0.353. The fourth-order valence-corrected chi connectivity index (χ4v) is 3.92. The van der Waals surface area contributed by atoms with E-state index in [2.05, 4.69) is 10.1 Å². The highest BCUT2D eigenvalue weighted by molar-refractivity contribution is 6.31. The molecule has 2 aliphatic rings. The molecule has 0 unspecified atom stereocenters. The number of benzene rings is 1. The molecule has 1 fully saturated rings. The molecule has 7 nitrogen and oxygen atoms in total. The van der Waals surface area contributed by atoms with E-state index >= 15 is 0 Å². The monoisotopic (exact) mass is 357 g/mol. The lowest BCUT2D eigenvalue weighted by Crippen LogP contribution is -2.58. The van der Waals surface area contributed by atoms with E-state index in [0.717, 1.165) is 37.1 Å². The minimum Gasteiger partial charge on any atom is -0.369 e. The lowest BCUT2D eigenvalue weighted by molar-refractivity contribution is 0.305. The Bertz CT molecular complexity index is 835. The van der Waals surface area contributed by atoms with Gasteiger partial charge in [0.1, 0.15) is 5.66 Å². The van der Waals surface area contributed by atoms with Crippen molar-refractivity contribution >= 4 is 29.2 Å². The maximum absolute atomic E-state index is 6.32. The van der Waals surface area contributed by atoms with Crippen molar-refractivity contribution in [1.82, 2.24) is 9.78 Å². The van der Waals surface area contributed by atoms with Gasteiger partial charge in [0.05, 0.1) is 11.4 Å². The second kappa shape index (κ2) is 6.07. The molecule has 8 heteroatoms. The Kier molecular flexibility index (Phi) is 3.88. The standard InChI is InChI=1S/C17H20ClN7/c18-12-5-6-13(24-10-4-9-21-24)14(11-12)25-16(20)22-15(19)23-17(25)7-2-1-3-8-17/h4-6,9-11H,1-3,7-8H2,(H4,19,20,22,23). The van der Waals surface area contributed by atoms with Crippen molar-refractivity contribution in [3.05, 3.63) is 41.7 Å². The number of guanidine groups is 2. The summed E-state index contributed by atoms with van der Waals surface area (Å²) in [4.78, 5) is 10.9. The number of halogens is 1. The van der Waals surface area contributed by atoms with Gasteiger partial charge in [-0.25, -0.2) is 9.67 Å². The van der Waals surface area contributed by atoms with Crippen LogP contribution in [0.25, 0.3) is 5.69 Å². The van der Waals surface area contributed by atoms with Crippen molar-refractivity contribution in [3.8, 4) is 5.69 Å². The van der Waals surface area contributed by atoms with Crippen LogP contribution in [0.1, 0.15) is 32.1 Å². The second-order valence-electron chi connectivity index (χ2n) is 6.40. The fourth-order valence-electron chi connectivity index (χ4n) is 3.75. The molecule has 4 rings (SSSR count). The summed E-state index contributed by atoms with van der Waals surface area (Å²) in [5.41, 5.74) is 13.5. The van der Waals surface area contributed by atoms with Crippen molar-refractivity contribution < 1.29 is 0 Å². The highest BCUT2D eigenvalue weighted by Crippen LogP contribution is 2.42. The summed E-state index contributed by atoms with van der Waals surface area (Å²) in [7, 11) is 0. The third-order valence-corrected chi connectivity index (χ3v) is 5.02. The smallest absolute Gasteiger partial charge is 0.220 e. The van der Waals surface area contributed by atoms with Crippen LogP contribution in [0.3, 0.4) is 0 Å². The van der Waals surface area contributed by atoms with Crippen molar-refractivity contribution in [2.75, 3.05) is 4.90 Å². The van der Waals surface area contributed by atoms with E-state index in [1.807, 2.05) is 35.4 Å². The average Bonchev–Trinajstić information content (AvgIpc) is 3.09. The SMILES string of the molecule is NC1=NC2(CCCCC2)N(c2cc(Cl)ccc2-n2cccn2)C(N)=N1. The topological polar surface area (TPSA) is 97.8 Å². The highest BCUT2D eigenvalue weighted by Gasteiger charge is 2.43. The zero-order valence-electron chi connectivity index (χ0n) is 13.8. The molecule has 0 radical (unpaired) electrons. The van der Waals surface area contributed by atoms with E-state index in [1.54, 1.807) is 10.9 Å². The van der Waals surface area contributed by atoms with Gasteiger partial charge in [0.2, 0.25) is 11.9 Å². The molecule has 1 spiro atoms. The zero-order chi connectivity index (χ0) is 17.4. The molecule has 0 amide bonds. The van der Waals surface area contributed by atoms with Crippen molar-refractivity contribution in [1.29, 1.82) is 0 Å². The van der Waals surface area contributed by atoms with Gasteiger partial charge >= 0.3 is 0 Å². The van der Waals surface area contributed by atoms with E-state index in [0.29, 0.717) is 11.0 Å². The first-order valence-electron chi connectivity index (χ1n) is 8.38. The molecule has 1 aliphatic heterocycles. The predicted molar refractivity (Wildman–Crippen MR) is 100 cm³/mol. The summed E-state index contributed by atoms with van der Waals surface area (Å²) in [5, 5.41) is 4.97. The first kappa shape index (κ1) is 16.0. The van der Waals surface area contributed by atoms with E-state index in [4.69, 9.17) is 28.1 Å². The van der Waals surface area contributed by atoms with Gasteiger partial charge in [0.25, 0.3) is 0 Å². The summed E-state index contributed by atoms with van der Waals surface area (Å²) in [6.07, 6.45) is 8.68. The van der Waals surface area contributed by atoms with Crippen molar-refractivity contribution in [3.63, 3.8) is 0 Å². The van der Waals surface area contributed by atoms with Crippen LogP contribution in [0.15, 0.2) is 46.6 Å². The minimum absolute atomic E-state index is 0.235. The average molecular weight is 358 g/mol. The van der Waals surface area contributed by atoms with Crippen molar-refractivity contribution in [2.45, 2.75) is 37.8 Å². The van der Waals surface area contributed by atoms with E-state index in [9.17, 15) is 0 Å². The molecule has 1 aromatic carbocycles. The van der Waals surface area contributed by atoms with Crippen LogP contribution in [0.5, 0.6) is 0 Å². The Hall–Kier alpha value is -2.54. The molecule has 0 atom stereocenters. The Balaban J connectivity index is 1.90. The largest absolute Gasteiger partial charge is 0.369 e. The maximum atomic E-state index is 6.32. The van der Waals surface area contributed by atoms with Gasteiger partial charge in [-0.15, -0.1) is 0 Å². The molecule has 0 bridgehead atoms. The molecule has 1 aromatic heterocycles. The number of hydrogen-bond donors (Lipinski definition) is 2. The molecule has 2 aromatic rings. The number of hydrogen-bond acceptors (Lipinski definition) is 6. The number of anilines is 1. The number of rotatable bonds is 2. The van der Waals surface area contributed by atoms with Gasteiger partial charge in [-0.2, -0.15) is 10.1 Å². The van der Waals surface area contributed by atoms with Crippen LogP contribution >= 0.6 is 11.6 Å². The molecule has 2 heterocycles. The van der Waals surface area contributed by atoms with Crippen LogP contribution in [-0.4, -0.2) is 27.4 Å². The maximum Gasteiger partial charge on any atom is 0.220 e. The molecular weight excluding hydrogens is 338 g/mol. The minimum atomic E-state index is -0.513. The molecule has 4 N–H and O–H groups in total. The summed E-state index contributed by atoms with van der Waals surface area (Å²) >= 11 is 6.30. The van der Waals surface area contributed by atoms with Gasteiger partial charge in [0, 0.05) is 17.4 Å². The third-order valence-electron chi connectivity index (χ3n) is 4.78. The van der Waals surface area contributed by atoms with Crippen LogP contribution in [0.2, 0.25) is 5.02 Å². The lowest BCUT2D eigenvalue weighted by Gasteiger charge is -2.46. The summed E-state index contributed by atoms with van der Waals surface area (Å²) in [6.45, 7) is 0. The molecular formula is C17H20ClN7. The normalized spacial score (nSPS) is 19.6. The van der Waals surface area contributed by atoms with Gasteiger partial charge < -0.3 is 11.5 Å². The molecule has 1 saturated carbocycles. The Morgan fingerprint density at radius 1 is 1.08 bits per heavy atom. The first-order valence-corrected chi connectivity index (χ1v) is 8.76. The first-order chi connectivity index (χ1) is 12.1. The van der Waals surface area contributed by atoms with Crippen LogP contribution in [0, 0.1) is 0 Å². The van der Waals surface area contributed by atoms with E-state index < -0.39 is 5.66 Å². The van der Waals surface area contributed by atoms with Crippen LogP contribution in [0.4, 0.5) is 5.69 Å². The number of aliphatic imine (C=N–C) groups is 2. The Morgan fingerprint density at radius 2 is 1.88 bits per heavy atom. The van der Waals surface area contributed by atoms with Gasteiger partial charge in [-0.1, -0.05) is 18.0 Å². The number of nitrogens with two attached hydrogens (primary N) is 2. The van der Waals surface area contributed by atoms with Gasteiger partial charge in [-0.05, 0) is 49.9 Å². The Morgan fingerprint density at radius 3 is 2.60 bits per heavy atom. The molecule has 1 aliphatic carbocycles. The molecule has 0 saturated heterocycles. The van der Waals surface area contributed by atoms with Crippen molar-refractivity contribution in [2.24, 2.45) is 21.5 Å². The quantitative estimate of drug-likeness (QED) is 0.863. The number of aromatic nitrogens is 2. The predicted octanol–water partition coefficient (Wildman–Crippen LogP) is 2.64. The summed E-state index contributed by atoms with van der Waals surface area (Å²) in [6, 6.07) is 7.52. The van der Waals surface area contributed by atoms with E-state index in [1.165, 1.54) is 6.42 Å². The summed E-state index contributed by atoms with van der Waals surface area (Å²) in [5.74, 6) is 0.573. The molecule has 130 valence electrons. The van der Waals surface area contributed by atoms with Crippen LogP contribution in [-0.2, 0) is 0 Å². The van der Waals surface area contributed by atoms with Gasteiger partial charge in [0.15, 0.2) is 0 Å². The van der Waals surface area contributed by atoms with Crippen LogP contribution < -0.4 is 16.4 Å². The highest BCUT2D eigenvalue weighted by atomic mass is 35.5. The lowest BCUT2D eigenvalue weighted by atomic mass is 9.87. The Labute approximate surface area is 151 Å². The zero-order valence-corrected chi connectivity index (χ0v) is 14.5. The van der Waals surface area contributed by atoms with E-state index in [-0.39, 0.29) is 5.96 Å². The number of nitrogens with zero attached hydrogens (tertiary/aromatic N) is 5. The second-order valence-corrected chi connectivity index (χ2v) is 6.84. The summed E-state index contributed by atoms with van der Waals surface area (Å²) < 4.78 is 1.79. The van der Waals surface area contributed by atoms with Gasteiger partial charge in [-0.3, -0.25) is 4.90 Å². The third kappa shape index (κ3) is 2.74. The molecule has 25 heavy (non-hydrogen) atoms.